The molecule has 0 aromatic carbocycles. The minimum Gasteiger partial charge on any atom is -0.481 e. The van der Waals surface area contributed by atoms with Crippen molar-refractivity contribution in [1.82, 2.24) is 9.80 Å². The first kappa shape index (κ1) is 25.1. The molecule has 3 aliphatic heterocycles. The van der Waals surface area contributed by atoms with Gasteiger partial charge < -0.3 is 20.0 Å². The fourth-order valence-corrected chi connectivity index (χ4v) is 8.71. The Labute approximate surface area is 195 Å². The van der Waals surface area contributed by atoms with Gasteiger partial charge in [-0.15, -0.1) is 18.3 Å². The number of thioether (sulfide) groups is 1. The van der Waals surface area contributed by atoms with Crippen LogP contribution in [0.25, 0.3) is 0 Å². The summed E-state index contributed by atoms with van der Waals surface area (Å²) in [6, 6.07) is -1.36. The normalized spacial score (nSPS) is 32.7. The van der Waals surface area contributed by atoms with Gasteiger partial charge in [0.05, 0.1) is 29.2 Å². The third-order valence-corrected chi connectivity index (χ3v) is 9.22. The van der Waals surface area contributed by atoms with E-state index in [1.807, 2.05) is 13.8 Å². The summed E-state index contributed by atoms with van der Waals surface area (Å²) in [6.45, 7) is 16.1. The molecule has 3 heterocycles. The largest absolute Gasteiger partial charge is 0.481 e. The maximum atomic E-state index is 14.3. The molecule has 2 amide bonds. The number of aliphatic hydroxyl groups excluding tert-OH is 1. The van der Waals surface area contributed by atoms with E-state index in [4.69, 9.17) is 0 Å². The molecule has 2 unspecified atom stereocenters. The van der Waals surface area contributed by atoms with Gasteiger partial charge >= 0.3 is 5.97 Å². The number of amides is 2. The number of rotatable bonds is 8. The number of fused-ring (bicyclic) bond motifs is 1. The van der Waals surface area contributed by atoms with E-state index in [-0.39, 0.29) is 29.1 Å². The van der Waals surface area contributed by atoms with E-state index < -0.39 is 40.2 Å². The minimum absolute atomic E-state index is 0.0252. The Bertz CT molecular complexity index is 807. The van der Waals surface area contributed by atoms with Crippen molar-refractivity contribution in [1.29, 1.82) is 0 Å². The topological polar surface area (TPSA) is 98.2 Å². The van der Waals surface area contributed by atoms with Gasteiger partial charge in [-0.2, -0.15) is 0 Å². The molecule has 0 saturated carbocycles. The summed E-state index contributed by atoms with van der Waals surface area (Å²) in [5.74, 6) is -2.97. The fraction of sp³-hybridized carbons (Fsp3) is 0.792. The van der Waals surface area contributed by atoms with Crippen LogP contribution in [0.3, 0.4) is 0 Å². The van der Waals surface area contributed by atoms with Crippen LogP contribution in [0.4, 0.5) is 0 Å². The zero-order valence-corrected chi connectivity index (χ0v) is 20.9. The van der Waals surface area contributed by atoms with Gasteiger partial charge in [0, 0.05) is 17.3 Å². The second-order valence-electron chi connectivity index (χ2n) is 11.5. The lowest BCUT2D eigenvalue weighted by atomic mass is 9.71. The third kappa shape index (κ3) is 3.87. The maximum Gasteiger partial charge on any atom is 0.308 e. The number of hydrogen-bond acceptors (Lipinski definition) is 5. The van der Waals surface area contributed by atoms with Crippen LogP contribution in [0.5, 0.6) is 0 Å². The minimum atomic E-state index is -0.969. The number of carbonyl (C=O) groups is 3. The SMILES string of the molecule is C=CCN(C(=O)C1N([C@H](C)CO)C(=O)[C@@H]2[C@@H](C(=O)O)[C@H]3CCC12S3)C(C)(C)CC(C)(C)C. The molecule has 0 aliphatic carbocycles. The van der Waals surface area contributed by atoms with Crippen LogP contribution < -0.4 is 0 Å². The Morgan fingerprint density at radius 3 is 2.47 bits per heavy atom. The molecule has 3 fully saturated rings. The summed E-state index contributed by atoms with van der Waals surface area (Å²) in [5, 5.41) is 19.7. The van der Waals surface area contributed by atoms with Crippen LogP contribution in [-0.4, -0.2) is 78.6 Å². The van der Waals surface area contributed by atoms with Crippen LogP contribution in [0.1, 0.15) is 60.8 Å². The molecule has 6 atom stereocenters. The molecule has 32 heavy (non-hydrogen) atoms. The number of nitrogens with zero attached hydrogens (tertiary/aromatic N) is 2. The first-order valence-electron chi connectivity index (χ1n) is 11.5. The highest BCUT2D eigenvalue weighted by Gasteiger charge is 2.74. The molecule has 0 aromatic heterocycles. The number of carboxylic acid groups (broad SMARTS) is 1. The second-order valence-corrected chi connectivity index (χ2v) is 13.1. The van der Waals surface area contributed by atoms with Crippen LogP contribution in [-0.2, 0) is 14.4 Å². The number of hydrogen-bond donors (Lipinski definition) is 2. The van der Waals surface area contributed by atoms with Gasteiger partial charge in [0.1, 0.15) is 6.04 Å². The van der Waals surface area contributed by atoms with Crippen molar-refractivity contribution in [2.45, 2.75) is 88.4 Å². The van der Waals surface area contributed by atoms with E-state index in [2.05, 4.69) is 27.4 Å². The molecule has 2 bridgehead atoms. The number of carboxylic acids is 1. The molecule has 3 rings (SSSR count). The standard InChI is InChI=1S/C24H38N2O5S/c1-8-11-25(23(6,7)13-22(3,4)5)20(29)18-24-10-9-15(32-24)16(21(30)31)17(24)19(28)26(18)14(2)12-27/h8,14-18,27H,1,9-13H2,2-7H3,(H,30,31)/t14-,15-,16+,17+,18?,24?/m1/s1. The quantitative estimate of drug-likeness (QED) is 0.534. The fourth-order valence-electron chi connectivity index (χ4n) is 6.52. The Morgan fingerprint density at radius 1 is 1.34 bits per heavy atom. The zero-order chi connectivity index (χ0) is 24.2. The molecule has 0 aromatic rings. The lowest BCUT2D eigenvalue weighted by Crippen LogP contribution is -2.61. The van der Waals surface area contributed by atoms with Crippen molar-refractivity contribution < 1.29 is 24.6 Å². The average Bonchev–Trinajstić information content (AvgIpc) is 3.30. The van der Waals surface area contributed by atoms with Crippen LogP contribution >= 0.6 is 11.8 Å². The predicted octanol–water partition coefficient (Wildman–Crippen LogP) is 2.77. The van der Waals surface area contributed by atoms with Gasteiger partial charge in [0.2, 0.25) is 11.8 Å². The van der Waals surface area contributed by atoms with Gasteiger partial charge in [-0.1, -0.05) is 26.8 Å². The highest BCUT2D eigenvalue weighted by atomic mass is 32.2. The highest BCUT2D eigenvalue weighted by Crippen LogP contribution is 2.66. The van der Waals surface area contributed by atoms with Gasteiger partial charge in [0.25, 0.3) is 0 Å². The van der Waals surface area contributed by atoms with Gasteiger partial charge in [-0.3, -0.25) is 14.4 Å². The monoisotopic (exact) mass is 466 g/mol. The van der Waals surface area contributed by atoms with Crippen molar-refractivity contribution in [2.75, 3.05) is 13.2 Å². The van der Waals surface area contributed by atoms with Crippen LogP contribution in [0.2, 0.25) is 0 Å². The average molecular weight is 467 g/mol. The Hall–Kier alpha value is -1.54. The van der Waals surface area contributed by atoms with E-state index in [0.717, 1.165) is 6.42 Å². The van der Waals surface area contributed by atoms with Crippen molar-refractivity contribution in [3.8, 4) is 0 Å². The first-order chi connectivity index (χ1) is 14.7. The molecule has 3 aliphatic rings. The Morgan fingerprint density at radius 2 is 1.97 bits per heavy atom. The van der Waals surface area contributed by atoms with E-state index in [0.29, 0.717) is 19.4 Å². The number of aliphatic carboxylic acids is 1. The van der Waals surface area contributed by atoms with Crippen LogP contribution in [0.15, 0.2) is 12.7 Å². The maximum absolute atomic E-state index is 14.3. The molecule has 0 radical (unpaired) electrons. The molecule has 2 N–H and O–H groups in total. The smallest absolute Gasteiger partial charge is 0.308 e. The lowest BCUT2D eigenvalue weighted by molar-refractivity contribution is -0.150. The van der Waals surface area contributed by atoms with Crippen LogP contribution in [0, 0.1) is 17.3 Å². The number of likely N-dealkylation sites (tertiary alicyclic amines) is 1. The van der Waals surface area contributed by atoms with E-state index in [9.17, 15) is 24.6 Å². The molecule has 7 nitrogen and oxygen atoms in total. The number of aliphatic hydroxyl groups is 1. The van der Waals surface area contributed by atoms with Gasteiger partial charge in [0.15, 0.2) is 0 Å². The first-order valence-corrected chi connectivity index (χ1v) is 12.4. The summed E-state index contributed by atoms with van der Waals surface area (Å²) >= 11 is 1.52. The molecular formula is C24H38N2O5S. The summed E-state index contributed by atoms with van der Waals surface area (Å²) in [5.41, 5.74) is -0.522. The zero-order valence-electron chi connectivity index (χ0n) is 20.1. The van der Waals surface area contributed by atoms with E-state index >= 15 is 0 Å². The summed E-state index contributed by atoms with van der Waals surface area (Å²) in [6.07, 6.45) is 3.77. The van der Waals surface area contributed by atoms with Gasteiger partial charge in [-0.05, 0) is 45.4 Å². The third-order valence-electron chi connectivity index (χ3n) is 7.27. The van der Waals surface area contributed by atoms with E-state index in [1.54, 1.807) is 17.9 Å². The predicted molar refractivity (Wildman–Crippen MR) is 125 cm³/mol. The lowest BCUT2D eigenvalue weighted by Gasteiger charge is -2.46. The molecular weight excluding hydrogens is 428 g/mol. The summed E-state index contributed by atoms with van der Waals surface area (Å²) < 4.78 is -0.761. The van der Waals surface area contributed by atoms with Crippen molar-refractivity contribution in [2.24, 2.45) is 17.3 Å². The number of carbonyl (C=O) groups excluding carboxylic acids is 2. The van der Waals surface area contributed by atoms with Gasteiger partial charge in [-0.25, -0.2) is 0 Å². The molecule has 180 valence electrons. The summed E-state index contributed by atoms with van der Waals surface area (Å²) in [4.78, 5) is 43.3. The molecule has 8 heteroatoms. The van der Waals surface area contributed by atoms with Crippen molar-refractivity contribution in [3.63, 3.8) is 0 Å². The van der Waals surface area contributed by atoms with E-state index in [1.165, 1.54) is 16.7 Å². The Kier molecular flexibility index (Phi) is 6.55. The van der Waals surface area contributed by atoms with Crippen molar-refractivity contribution in [3.05, 3.63) is 12.7 Å². The van der Waals surface area contributed by atoms with Crippen molar-refractivity contribution >= 4 is 29.5 Å². The Balaban J connectivity index is 2.09. The summed E-state index contributed by atoms with van der Waals surface area (Å²) in [7, 11) is 0. The molecule has 3 saturated heterocycles. The molecule has 1 spiro atoms. The second kappa shape index (κ2) is 8.35. The highest BCUT2D eigenvalue weighted by molar-refractivity contribution is 8.02.